The molecule has 0 saturated carbocycles. The molecular formula is C24H20F4N6O3. The van der Waals surface area contributed by atoms with Gasteiger partial charge in [-0.25, -0.2) is 23.8 Å². The van der Waals surface area contributed by atoms with E-state index in [1.807, 2.05) is 0 Å². The number of nitrogens with one attached hydrogen (secondary N) is 1. The summed E-state index contributed by atoms with van der Waals surface area (Å²) in [5.41, 5.74) is 0.268. The van der Waals surface area contributed by atoms with Gasteiger partial charge in [0.15, 0.2) is 11.5 Å². The predicted molar refractivity (Wildman–Crippen MR) is 124 cm³/mol. The smallest absolute Gasteiger partial charge is 0.435 e. The van der Waals surface area contributed by atoms with Crippen molar-refractivity contribution >= 4 is 17.6 Å². The predicted octanol–water partition coefficient (Wildman–Crippen LogP) is 5.04. The maximum Gasteiger partial charge on any atom is 0.435 e. The number of aryl methyl sites for hydroxylation is 2. The quantitative estimate of drug-likeness (QED) is 0.281. The number of aromatic nitrogens is 5. The molecule has 9 nitrogen and oxygen atoms in total. The fraction of sp³-hybridized carbons (Fsp3) is 0.208. The summed E-state index contributed by atoms with van der Waals surface area (Å²) in [5, 5.41) is 6.43. The normalized spacial score (nSPS) is 11.4. The Morgan fingerprint density at radius 1 is 1.05 bits per heavy atom. The maximum atomic E-state index is 14.3. The Morgan fingerprint density at radius 3 is 2.46 bits per heavy atom. The van der Waals surface area contributed by atoms with Gasteiger partial charge in [0.2, 0.25) is 11.8 Å². The van der Waals surface area contributed by atoms with Crippen molar-refractivity contribution in [3.8, 4) is 22.8 Å². The van der Waals surface area contributed by atoms with Gasteiger partial charge in [0.05, 0.1) is 19.9 Å². The number of esters is 1. The lowest BCUT2D eigenvalue weighted by molar-refractivity contribution is -0.141. The summed E-state index contributed by atoms with van der Waals surface area (Å²) in [6.45, 7) is 3.19. The van der Waals surface area contributed by atoms with Crippen molar-refractivity contribution in [1.29, 1.82) is 0 Å². The lowest BCUT2D eigenvalue weighted by Crippen LogP contribution is -2.11. The number of carbonyl (C=O) groups is 1. The summed E-state index contributed by atoms with van der Waals surface area (Å²) >= 11 is 0. The second-order valence-electron chi connectivity index (χ2n) is 7.89. The van der Waals surface area contributed by atoms with Crippen LogP contribution in [0.5, 0.6) is 5.88 Å². The van der Waals surface area contributed by atoms with E-state index in [1.165, 1.54) is 51.7 Å². The van der Waals surface area contributed by atoms with Gasteiger partial charge in [-0.3, -0.25) is 0 Å². The number of methoxy groups -OCH3 is 2. The number of rotatable bonds is 6. The van der Waals surface area contributed by atoms with Gasteiger partial charge in [-0.1, -0.05) is 6.07 Å². The van der Waals surface area contributed by atoms with Crippen LogP contribution in [0, 0.1) is 19.7 Å². The zero-order valence-electron chi connectivity index (χ0n) is 20.0. The van der Waals surface area contributed by atoms with E-state index in [9.17, 15) is 22.4 Å². The number of alkyl halides is 3. The van der Waals surface area contributed by atoms with Gasteiger partial charge < -0.3 is 14.8 Å². The van der Waals surface area contributed by atoms with E-state index in [1.54, 1.807) is 13.0 Å². The minimum absolute atomic E-state index is 0.0131. The van der Waals surface area contributed by atoms with Crippen LogP contribution in [0.2, 0.25) is 0 Å². The largest absolute Gasteiger partial charge is 0.480 e. The topological polar surface area (TPSA) is 104 Å². The summed E-state index contributed by atoms with van der Waals surface area (Å²) in [4.78, 5) is 24.9. The third kappa shape index (κ3) is 5.20. The average molecular weight is 516 g/mol. The van der Waals surface area contributed by atoms with Crippen molar-refractivity contribution in [3.63, 3.8) is 0 Å². The van der Waals surface area contributed by atoms with Crippen molar-refractivity contribution in [3.05, 3.63) is 71.1 Å². The van der Waals surface area contributed by atoms with Gasteiger partial charge in [-0.05, 0) is 43.7 Å². The van der Waals surface area contributed by atoms with Crippen LogP contribution in [0.25, 0.3) is 16.9 Å². The van der Waals surface area contributed by atoms with Crippen LogP contribution >= 0.6 is 0 Å². The molecule has 4 rings (SSSR count). The number of hydrogen-bond acceptors (Lipinski definition) is 8. The highest BCUT2D eigenvalue weighted by Crippen LogP contribution is 2.33. The molecule has 3 aromatic heterocycles. The molecule has 0 aliphatic rings. The van der Waals surface area contributed by atoms with Crippen LogP contribution in [-0.4, -0.2) is 44.9 Å². The number of pyridine rings is 1. The lowest BCUT2D eigenvalue weighted by atomic mass is 10.1. The third-order valence-corrected chi connectivity index (χ3v) is 5.28. The molecule has 0 bridgehead atoms. The van der Waals surface area contributed by atoms with Crippen molar-refractivity contribution < 1.29 is 31.8 Å². The summed E-state index contributed by atoms with van der Waals surface area (Å²) in [6.07, 6.45) is -2.06. The molecule has 1 aromatic carbocycles. The Kier molecular flexibility index (Phi) is 6.79. The standard InChI is InChI=1S/C24H20F4N6O3/c1-12-5-6-17(25)18(7-12)31-23-30-11-16(14-9-15(22(35)37-4)21(36-3)29-10-14)20(32-23)34-13(2)8-19(33-34)24(26,27)28/h5-11H,1-4H3,(H,30,31,32). The molecule has 37 heavy (non-hydrogen) atoms. The first-order valence-electron chi connectivity index (χ1n) is 10.7. The molecule has 0 radical (unpaired) electrons. The first-order chi connectivity index (χ1) is 17.5. The van der Waals surface area contributed by atoms with E-state index >= 15 is 0 Å². The number of anilines is 2. The van der Waals surface area contributed by atoms with E-state index in [-0.39, 0.29) is 45.7 Å². The molecule has 1 N–H and O–H groups in total. The molecule has 0 saturated heterocycles. The number of hydrogen-bond donors (Lipinski definition) is 1. The Hall–Kier alpha value is -4.55. The van der Waals surface area contributed by atoms with Crippen LogP contribution < -0.4 is 10.1 Å². The zero-order chi connectivity index (χ0) is 26.9. The van der Waals surface area contributed by atoms with E-state index in [4.69, 9.17) is 9.47 Å². The molecule has 0 fully saturated rings. The lowest BCUT2D eigenvalue weighted by Gasteiger charge is -2.14. The van der Waals surface area contributed by atoms with Crippen molar-refractivity contribution in [2.75, 3.05) is 19.5 Å². The molecule has 0 amide bonds. The molecule has 0 atom stereocenters. The van der Waals surface area contributed by atoms with E-state index in [0.717, 1.165) is 16.3 Å². The molecule has 3 heterocycles. The Balaban J connectivity index is 1.91. The SMILES string of the molecule is COC(=O)c1cc(-c2cnc(Nc3cc(C)ccc3F)nc2-n2nc(C(F)(F)F)cc2C)cnc1OC. The van der Waals surface area contributed by atoms with Crippen LogP contribution in [0.3, 0.4) is 0 Å². The first kappa shape index (κ1) is 25.5. The van der Waals surface area contributed by atoms with Crippen molar-refractivity contribution in [2.45, 2.75) is 20.0 Å². The monoisotopic (exact) mass is 516 g/mol. The van der Waals surface area contributed by atoms with Gasteiger partial charge >= 0.3 is 12.1 Å². The molecule has 0 aliphatic carbocycles. The van der Waals surface area contributed by atoms with E-state index in [0.29, 0.717) is 0 Å². The maximum absolute atomic E-state index is 14.3. The first-order valence-corrected chi connectivity index (χ1v) is 10.7. The van der Waals surface area contributed by atoms with Crippen LogP contribution in [0.4, 0.5) is 29.2 Å². The second-order valence-corrected chi connectivity index (χ2v) is 7.89. The van der Waals surface area contributed by atoms with Crippen LogP contribution in [0.1, 0.15) is 27.3 Å². The van der Waals surface area contributed by atoms with E-state index in [2.05, 4.69) is 25.4 Å². The molecule has 13 heteroatoms. The van der Waals surface area contributed by atoms with E-state index < -0.39 is 23.7 Å². The highest BCUT2D eigenvalue weighted by atomic mass is 19.4. The number of halogens is 4. The molecule has 0 spiro atoms. The third-order valence-electron chi connectivity index (χ3n) is 5.28. The summed E-state index contributed by atoms with van der Waals surface area (Å²) < 4.78 is 65.4. The Labute approximate surface area is 208 Å². The zero-order valence-corrected chi connectivity index (χ0v) is 20.0. The molecule has 4 aromatic rings. The van der Waals surface area contributed by atoms with Crippen molar-refractivity contribution in [1.82, 2.24) is 24.7 Å². The summed E-state index contributed by atoms with van der Waals surface area (Å²) in [6, 6.07) is 6.63. The van der Waals surface area contributed by atoms with Gasteiger partial charge in [-0.15, -0.1) is 0 Å². The average Bonchev–Trinajstić information content (AvgIpc) is 3.27. The van der Waals surface area contributed by atoms with Gasteiger partial charge in [0.1, 0.15) is 11.4 Å². The minimum atomic E-state index is -4.70. The number of benzene rings is 1. The Morgan fingerprint density at radius 2 is 1.81 bits per heavy atom. The Bertz CT molecular complexity index is 1490. The number of ether oxygens (including phenoxy) is 2. The summed E-state index contributed by atoms with van der Waals surface area (Å²) in [5.74, 6) is -1.49. The fourth-order valence-corrected chi connectivity index (χ4v) is 3.50. The van der Waals surface area contributed by atoms with Gasteiger partial charge in [0, 0.05) is 29.2 Å². The fourth-order valence-electron chi connectivity index (χ4n) is 3.50. The molecular weight excluding hydrogens is 496 g/mol. The van der Waals surface area contributed by atoms with Crippen LogP contribution in [-0.2, 0) is 10.9 Å². The summed E-state index contributed by atoms with van der Waals surface area (Å²) in [7, 11) is 2.50. The highest BCUT2D eigenvalue weighted by molar-refractivity contribution is 5.93. The molecule has 0 unspecified atom stereocenters. The number of nitrogens with zero attached hydrogens (tertiary/aromatic N) is 5. The minimum Gasteiger partial charge on any atom is -0.480 e. The number of carbonyl (C=O) groups excluding carboxylic acids is 1. The van der Waals surface area contributed by atoms with Crippen molar-refractivity contribution in [2.24, 2.45) is 0 Å². The van der Waals surface area contributed by atoms with Gasteiger partial charge in [0.25, 0.3) is 0 Å². The highest BCUT2D eigenvalue weighted by Gasteiger charge is 2.35. The molecule has 192 valence electrons. The molecule has 0 aliphatic heterocycles. The second kappa shape index (κ2) is 9.84. The van der Waals surface area contributed by atoms with Gasteiger partial charge in [-0.2, -0.15) is 23.3 Å². The van der Waals surface area contributed by atoms with Crippen LogP contribution in [0.15, 0.2) is 42.7 Å².